The van der Waals surface area contributed by atoms with Crippen LogP contribution < -0.4 is 4.74 Å². The van der Waals surface area contributed by atoms with Crippen molar-refractivity contribution in [2.24, 2.45) is 5.41 Å². The fraction of sp³-hybridized carbons (Fsp3) is 0.548. The van der Waals surface area contributed by atoms with Crippen LogP contribution in [0.5, 0.6) is 5.75 Å². The SMILES string of the molecule is O=C(CC1(COc2ccccc2)CCN(C(=O)C2(c3ccccc3F)CCCC2)CC1)N1CCCCC1. The molecule has 2 amide bonds. The van der Waals surface area contributed by atoms with Gasteiger partial charge < -0.3 is 14.5 Å². The Morgan fingerprint density at radius 2 is 1.41 bits per heavy atom. The molecule has 0 unspecified atom stereocenters. The maximum absolute atomic E-state index is 14.9. The van der Waals surface area contributed by atoms with E-state index in [0.717, 1.165) is 44.5 Å². The normalized spacial score (nSPS) is 21.0. The third-order valence-corrected chi connectivity index (χ3v) is 8.89. The van der Waals surface area contributed by atoms with Crippen LogP contribution in [0.2, 0.25) is 0 Å². The Bertz CT molecular complexity index is 1070. The minimum Gasteiger partial charge on any atom is -0.493 e. The van der Waals surface area contributed by atoms with E-state index in [2.05, 4.69) is 0 Å². The lowest BCUT2D eigenvalue weighted by Crippen LogP contribution is -2.53. The van der Waals surface area contributed by atoms with Crippen molar-refractivity contribution in [2.75, 3.05) is 32.8 Å². The van der Waals surface area contributed by atoms with Crippen molar-refractivity contribution >= 4 is 11.8 Å². The van der Waals surface area contributed by atoms with Crippen LogP contribution in [0, 0.1) is 11.2 Å². The molecule has 5 nitrogen and oxygen atoms in total. The number of para-hydroxylation sites is 1. The summed E-state index contributed by atoms with van der Waals surface area (Å²) in [5, 5.41) is 0. The lowest BCUT2D eigenvalue weighted by molar-refractivity contribution is -0.142. The number of rotatable bonds is 7. The molecule has 3 fully saturated rings. The molecule has 2 heterocycles. The molecule has 2 aromatic rings. The van der Waals surface area contributed by atoms with Crippen LogP contribution in [-0.4, -0.2) is 54.4 Å². The number of piperidine rings is 2. The summed E-state index contributed by atoms with van der Waals surface area (Å²) >= 11 is 0. The van der Waals surface area contributed by atoms with E-state index in [1.54, 1.807) is 12.1 Å². The number of hydrogen-bond donors (Lipinski definition) is 0. The lowest BCUT2D eigenvalue weighted by atomic mass is 9.73. The van der Waals surface area contributed by atoms with Crippen LogP contribution >= 0.6 is 0 Å². The average molecular weight is 507 g/mol. The van der Waals surface area contributed by atoms with E-state index in [1.165, 1.54) is 12.5 Å². The molecule has 0 spiro atoms. The fourth-order valence-electron chi connectivity index (χ4n) is 6.61. The number of likely N-dealkylation sites (tertiary alicyclic amines) is 2. The summed E-state index contributed by atoms with van der Waals surface area (Å²) in [5.41, 5.74) is -0.542. The minimum atomic E-state index is -0.768. The standard InChI is InChI=1S/C31H39FN2O3/c32-27-14-6-5-13-26(27)31(15-7-8-16-31)29(36)34-21-17-30(18-22-34,24-37-25-11-3-1-4-12-25)23-28(35)33-19-9-2-10-20-33/h1,3-6,11-14H,2,7-10,15-24H2. The second-order valence-electron chi connectivity index (χ2n) is 11.3. The number of ether oxygens (including phenoxy) is 1. The summed E-state index contributed by atoms with van der Waals surface area (Å²) in [7, 11) is 0. The molecule has 37 heavy (non-hydrogen) atoms. The molecule has 3 aliphatic rings. The molecular formula is C31H39FN2O3. The highest BCUT2D eigenvalue weighted by molar-refractivity contribution is 5.89. The van der Waals surface area contributed by atoms with Crippen LogP contribution in [-0.2, 0) is 15.0 Å². The van der Waals surface area contributed by atoms with Crippen molar-refractivity contribution in [3.63, 3.8) is 0 Å². The lowest BCUT2D eigenvalue weighted by Gasteiger charge is -2.44. The van der Waals surface area contributed by atoms with E-state index < -0.39 is 5.41 Å². The van der Waals surface area contributed by atoms with Gasteiger partial charge in [-0.3, -0.25) is 9.59 Å². The smallest absolute Gasteiger partial charge is 0.233 e. The van der Waals surface area contributed by atoms with E-state index in [-0.39, 0.29) is 23.0 Å². The van der Waals surface area contributed by atoms with Crippen LogP contribution in [0.15, 0.2) is 54.6 Å². The molecule has 0 bridgehead atoms. The van der Waals surface area contributed by atoms with Crippen molar-refractivity contribution in [2.45, 2.75) is 69.6 Å². The number of benzene rings is 2. The van der Waals surface area contributed by atoms with E-state index in [1.807, 2.05) is 46.2 Å². The van der Waals surface area contributed by atoms with Gasteiger partial charge >= 0.3 is 0 Å². The van der Waals surface area contributed by atoms with Gasteiger partial charge in [0.15, 0.2) is 0 Å². The third kappa shape index (κ3) is 5.53. The molecule has 0 aromatic heterocycles. The first-order valence-electron chi connectivity index (χ1n) is 14.0. The molecule has 0 radical (unpaired) electrons. The predicted molar refractivity (Wildman–Crippen MR) is 142 cm³/mol. The number of nitrogens with zero attached hydrogens (tertiary/aromatic N) is 2. The Balaban J connectivity index is 1.32. The van der Waals surface area contributed by atoms with E-state index in [9.17, 15) is 14.0 Å². The first-order chi connectivity index (χ1) is 18.0. The van der Waals surface area contributed by atoms with Gasteiger partial charge in [-0.25, -0.2) is 4.39 Å². The molecule has 5 rings (SSSR count). The Morgan fingerprint density at radius 3 is 2.08 bits per heavy atom. The number of halogens is 1. The summed E-state index contributed by atoms with van der Waals surface area (Å²) < 4.78 is 21.1. The maximum Gasteiger partial charge on any atom is 0.233 e. The van der Waals surface area contributed by atoms with Crippen molar-refractivity contribution in [1.29, 1.82) is 0 Å². The molecule has 6 heteroatoms. The Morgan fingerprint density at radius 1 is 0.757 bits per heavy atom. The van der Waals surface area contributed by atoms with E-state index in [0.29, 0.717) is 57.4 Å². The number of carbonyl (C=O) groups excluding carboxylic acids is 2. The molecule has 2 saturated heterocycles. The topological polar surface area (TPSA) is 49.9 Å². The number of carbonyl (C=O) groups is 2. The predicted octanol–water partition coefficient (Wildman–Crippen LogP) is 5.73. The fourth-order valence-corrected chi connectivity index (χ4v) is 6.61. The van der Waals surface area contributed by atoms with Gasteiger partial charge in [0, 0.05) is 43.6 Å². The highest BCUT2D eigenvalue weighted by Crippen LogP contribution is 2.45. The molecule has 0 N–H and O–H groups in total. The molecule has 1 saturated carbocycles. The first kappa shape index (κ1) is 25.7. The van der Waals surface area contributed by atoms with Gasteiger partial charge in [-0.05, 0) is 63.1 Å². The number of hydrogen-bond acceptors (Lipinski definition) is 3. The van der Waals surface area contributed by atoms with E-state index >= 15 is 0 Å². The molecule has 1 aliphatic carbocycles. The van der Waals surface area contributed by atoms with Crippen LogP contribution in [0.3, 0.4) is 0 Å². The van der Waals surface area contributed by atoms with Gasteiger partial charge in [-0.15, -0.1) is 0 Å². The van der Waals surface area contributed by atoms with Crippen molar-refractivity contribution in [1.82, 2.24) is 9.80 Å². The average Bonchev–Trinajstić information content (AvgIpc) is 3.44. The summed E-state index contributed by atoms with van der Waals surface area (Å²) in [6, 6.07) is 16.5. The van der Waals surface area contributed by atoms with Gasteiger partial charge in [0.05, 0.1) is 12.0 Å². The molecule has 0 atom stereocenters. The minimum absolute atomic E-state index is 0.0510. The van der Waals surface area contributed by atoms with Crippen molar-refractivity contribution in [3.8, 4) is 5.75 Å². The van der Waals surface area contributed by atoms with Crippen LogP contribution in [0.1, 0.15) is 69.8 Å². The van der Waals surface area contributed by atoms with Gasteiger partial charge in [0.2, 0.25) is 11.8 Å². The molecular weight excluding hydrogens is 467 g/mol. The van der Waals surface area contributed by atoms with Crippen LogP contribution in [0.25, 0.3) is 0 Å². The second kappa shape index (κ2) is 11.2. The summed E-state index contributed by atoms with van der Waals surface area (Å²) in [4.78, 5) is 31.3. The quantitative estimate of drug-likeness (QED) is 0.482. The Labute approximate surface area is 220 Å². The second-order valence-corrected chi connectivity index (χ2v) is 11.3. The zero-order valence-corrected chi connectivity index (χ0v) is 21.8. The van der Waals surface area contributed by atoms with E-state index in [4.69, 9.17) is 4.74 Å². The van der Waals surface area contributed by atoms with Crippen LogP contribution in [0.4, 0.5) is 4.39 Å². The third-order valence-electron chi connectivity index (χ3n) is 8.89. The highest BCUT2D eigenvalue weighted by atomic mass is 19.1. The first-order valence-corrected chi connectivity index (χ1v) is 14.0. The zero-order valence-electron chi connectivity index (χ0n) is 21.8. The van der Waals surface area contributed by atoms with Crippen molar-refractivity contribution in [3.05, 3.63) is 66.0 Å². The summed E-state index contributed by atoms with van der Waals surface area (Å²) in [6.45, 7) is 3.27. The largest absolute Gasteiger partial charge is 0.493 e. The summed E-state index contributed by atoms with van der Waals surface area (Å²) in [6.07, 6.45) is 8.45. The molecule has 2 aromatic carbocycles. The Hall–Kier alpha value is -2.89. The van der Waals surface area contributed by atoms with Crippen molar-refractivity contribution < 1.29 is 18.7 Å². The Kier molecular flexibility index (Phi) is 7.82. The van der Waals surface area contributed by atoms with Gasteiger partial charge in [0.1, 0.15) is 11.6 Å². The molecule has 198 valence electrons. The summed E-state index contributed by atoms with van der Waals surface area (Å²) in [5.74, 6) is 0.771. The molecule has 2 aliphatic heterocycles. The van der Waals surface area contributed by atoms with Gasteiger partial charge in [-0.2, -0.15) is 0 Å². The maximum atomic E-state index is 14.9. The monoisotopic (exact) mass is 506 g/mol. The number of amides is 2. The van der Waals surface area contributed by atoms with Gasteiger partial charge in [-0.1, -0.05) is 49.2 Å². The highest BCUT2D eigenvalue weighted by Gasteiger charge is 2.48. The zero-order chi connectivity index (χ0) is 25.7. The van der Waals surface area contributed by atoms with Gasteiger partial charge in [0.25, 0.3) is 0 Å².